The minimum atomic E-state index is -0.397. The number of hydrogen-bond acceptors (Lipinski definition) is 6. The third-order valence-electron chi connectivity index (χ3n) is 6.36. The van der Waals surface area contributed by atoms with Crippen LogP contribution in [-0.4, -0.2) is 27.3 Å². The molecule has 33 heavy (non-hydrogen) atoms. The van der Waals surface area contributed by atoms with Gasteiger partial charge in [-0.05, 0) is 78.0 Å². The molecule has 9 heteroatoms. The standard InChI is InChI=1S/C24H26FIN4O2S/c1-4-32-23(31)18-15-11-24(2,3)12-30-20(13-6-5-7-13)28-29-21(30)19(15)33-22(18)27-17-9-8-14(26)10-16(17)25/h8-10,13,27H,4-7,11-12H2,1-3H3. The number of hydrogen-bond donors (Lipinski definition) is 1. The summed E-state index contributed by atoms with van der Waals surface area (Å²) in [4.78, 5) is 14.1. The van der Waals surface area contributed by atoms with Crippen molar-refractivity contribution in [1.29, 1.82) is 0 Å². The Balaban J connectivity index is 1.67. The van der Waals surface area contributed by atoms with Gasteiger partial charge in [-0.1, -0.05) is 20.3 Å². The molecule has 174 valence electrons. The van der Waals surface area contributed by atoms with Gasteiger partial charge in [0, 0.05) is 16.0 Å². The minimum Gasteiger partial charge on any atom is -0.462 e. The second kappa shape index (κ2) is 8.65. The summed E-state index contributed by atoms with van der Waals surface area (Å²) in [6.45, 7) is 7.26. The first kappa shape index (κ1) is 22.8. The number of benzene rings is 1. The molecule has 0 bridgehead atoms. The summed E-state index contributed by atoms with van der Waals surface area (Å²) in [7, 11) is 0. The van der Waals surface area contributed by atoms with Crippen molar-refractivity contribution in [3.8, 4) is 10.7 Å². The Morgan fingerprint density at radius 1 is 1.36 bits per heavy atom. The zero-order chi connectivity index (χ0) is 23.3. The van der Waals surface area contributed by atoms with Gasteiger partial charge in [-0.3, -0.25) is 0 Å². The molecule has 0 atom stereocenters. The number of thiophene rings is 1. The molecular formula is C24H26FIN4O2S. The van der Waals surface area contributed by atoms with Crippen LogP contribution >= 0.6 is 33.9 Å². The van der Waals surface area contributed by atoms with Crippen molar-refractivity contribution in [2.24, 2.45) is 5.41 Å². The van der Waals surface area contributed by atoms with Gasteiger partial charge in [0.05, 0.1) is 22.7 Å². The number of ether oxygens (including phenoxy) is 1. The van der Waals surface area contributed by atoms with Crippen LogP contribution in [0.3, 0.4) is 0 Å². The third-order valence-corrected chi connectivity index (χ3v) is 8.17. The van der Waals surface area contributed by atoms with Gasteiger partial charge in [0.1, 0.15) is 16.6 Å². The number of aromatic nitrogens is 3. The molecule has 3 aromatic rings. The van der Waals surface area contributed by atoms with Crippen LogP contribution in [0.2, 0.25) is 0 Å². The monoisotopic (exact) mass is 580 g/mol. The van der Waals surface area contributed by atoms with Crippen LogP contribution in [0, 0.1) is 14.8 Å². The van der Waals surface area contributed by atoms with Gasteiger partial charge in [-0.15, -0.1) is 21.5 Å². The van der Waals surface area contributed by atoms with Gasteiger partial charge in [0.25, 0.3) is 0 Å². The highest BCUT2D eigenvalue weighted by Crippen LogP contribution is 2.48. The normalized spacial score (nSPS) is 17.0. The molecule has 1 aliphatic carbocycles. The molecule has 0 unspecified atom stereocenters. The molecule has 6 nitrogen and oxygen atoms in total. The number of rotatable bonds is 5. The van der Waals surface area contributed by atoms with Crippen molar-refractivity contribution in [2.45, 2.75) is 58.9 Å². The lowest BCUT2D eigenvalue weighted by molar-refractivity contribution is 0.0526. The highest BCUT2D eigenvalue weighted by atomic mass is 127. The molecule has 0 spiro atoms. The quantitative estimate of drug-likeness (QED) is 0.275. The smallest absolute Gasteiger partial charge is 0.341 e. The third kappa shape index (κ3) is 4.18. The lowest BCUT2D eigenvalue weighted by atomic mass is 9.83. The average molecular weight is 580 g/mol. The number of carbonyl (C=O) groups is 1. The molecule has 0 amide bonds. The molecule has 0 radical (unpaired) electrons. The molecular weight excluding hydrogens is 554 g/mol. The molecule has 2 aromatic heterocycles. The number of carbonyl (C=O) groups excluding carboxylic acids is 1. The molecule has 0 saturated heterocycles. The van der Waals surface area contributed by atoms with E-state index >= 15 is 0 Å². The largest absolute Gasteiger partial charge is 0.462 e. The molecule has 1 aromatic carbocycles. The maximum absolute atomic E-state index is 14.7. The van der Waals surface area contributed by atoms with Crippen LogP contribution in [-0.2, 0) is 17.7 Å². The van der Waals surface area contributed by atoms with Crippen molar-refractivity contribution in [3.05, 3.63) is 44.5 Å². The Hall–Kier alpha value is -2.01. The van der Waals surface area contributed by atoms with E-state index in [1.54, 1.807) is 13.0 Å². The zero-order valence-corrected chi connectivity index (χ0v) is 21.8. The number of fused-ring (bicyclic) bond motifs is 3. The van der Waals surface area contributed by atoms with Gasteiger partial charge in [-0.2, -0.15) is 0 Å². The second-order valence-electron chi connectivity index (χ2n) is 9.52. The fourth-order valence-electron chi connectivity index (χ4n) is 4.60. The average Bonchev–Trinajstić information content (AvgIpc) is 3.20. The summed E-state index contributed by atoms with van der Waals surface area (Å²) >= 11 is 3.51. The van der Waals surface area contributed by atoms with E-state index in [0.29, 0.717) is 28.6 Å². The zero-order valence-electron chi connectivity index (χ0n) is 18.9. The van der Waals surface area contributed by atoms with Crippen LogP contribution in [0.1, 0.15) is 67.7 Å². The van der Waals surface area contributed by atoms with Crippen molar-refractivity contribution >= 4 is 50.6 Å². The van der Waals surface area contributed by atoms with E-state index in [1.165, 1.54) is 23.8 Å². The van der Waals surface area contributed by atoms with Crippen molar-refractivity contribution in [2.75, 3.05) is 11.9 Å². The molecule has 1 fully saturated rings. The van der Waals surface area contributed by atoms with E-state index in [4.69, 9.17) is 4.74 Å². The van der Waals surface area contributed by atoms with Crippen LogP contribution in [0.4, 0.5) is 15.1 Å². The summed E-state index contributed by atoms with van der Waals surface area (Å²) in [5.41, 5.74) is 1.59. The fourth-order valence-corrected chi connectivity index (χ4v) is 6.27. The SMILES string of the molecule is CCOC(=O)c1c(Nc2ccc(I)cc2F)sc2c1CC(C)(C)Cn1c-2nnc1C1CCC1. The lowest BCUT2D eigenvalue weighted by Crippen LogP contribution is -2.25. The Morgan fingerprint density at radius 3 is 2.82 bits per heavy atom. The van der Waals surface area contributed by atoms with Crippen LogP contribution < -0.4 is 5.32 Å². The van der Waals surface area contributed by atoms with Crippen LogP contribution in [0.25, 0.3) is 10.7 Å². The molecule has 1 saturated carbocycles. The number of halogens is 2. The number of nitrogens with one attached hydrogen (secondary N) is 1. The second-order valence-corrected chi connectivity index (χ2v) is 11.8. The molecule has 1 aliphatic heterocycles. The minimum absolute atomic E-state index is 0.116. The number of nitrogens with zero attached hydrogens (tertiary/aromatic N) is 3. The maximum atomic E-state index is 14.7. The van der Waals surface area contributed by atoms with Crippen molar-refractivity contribution in [3.63, 3.8) is 0 Å². The van der Waals surface area contributed by atoms with Gasteiger partial charge < -0.3 is 14.6 Å². The summed E-state index contributed by atoms with van der Waals surface area (Å²) in [5, 5.41) is 12.9. The molecule has 2 aliphatic rings. The Labute approximate surface area is 210 Å². The van der Waals surface area contributed by atoms with E-state index in [1.807, 2.05) is 6.07 Å². The van der Waals surface area contributed by atoms with Crippen molar-refractivity contribution in [1.82, 2.24) is 14.8 Å². The first-order valence-corrected chi connectivity index (χ1v) is 13.2. The highest BCUT2D eigenvalue weighted by Gasteiger charge is 2.38. The van der Waals surface area contributed by atoms with Crippen LogP contribution in [0.5, 0.6) is 0 Å². The molecule has 3 heterocycles. The topological polar surface area (TPSA) is 69.0 Å². The van der Waals surface area contributed by atoms with Crippen LogP contribution in [0.15, 0.2) is 18.2 Å². The Bertz CT molecular complexity index is 1230. The fraction of sp³-hybridized carbons (Fsp3) is 0.458. The Kier molecular flexibility index (Phi) is 5.97. The van der Waals surface area contributed by atoms with Gasteiger partial charge in [0.2, 0.25) is 0 Å². The Morgan fingerprint density at radius 2 is 2.15 bits per heavy atom. The van der Waals surface area contributed by atoms with E-state index in [2.05, 4.69) is 56.5 Å². The first-order valence-electron chi connectivity index (χ1n) is 11.3. The molecule has 1 N–H and O–H groups in total. The van der Waals surface area contributed by atoms with Gasteiger partial charge in [0.15, 0.2) is 5.82 Å². The van der Waals surface area contributed by atoms with E-state index in [9.17, 15) is 9.18 Å². The van der Waals surface area contributed by atoms with E-state index in [-0.39, 0.29) is 17.8 Å². The van der Waals surface area contributed by atoms with E-state index < -0.39 is 5.97 Å². The summed E-state index contributed by atoms with van der Waals surface area (Å²) in [6.07, 6.45) is 4.20. The predicted octanol–water partition coefficient (Wildman–Crippen LogP) is 6.52. The van der Waals surface area contributed by atoms with Crippen molar-refractivity contribution < 1.29 is 13.9 Å². The number of esters is 1. The van der Waals surface area contributed by atoms with Gasteiger partial charge >= 0.3 is 5.97 Å². The lowest BCUT2D eigenvalue weighted by Gasteiger charge is -2.28. The number of anilines is 2. The summed E-state index contributed by atoms with van der Waals surface area (Å²) in [5.74, 6) is 1.53. The van der Waals surface area contributed by atoms with E-state index in [0.717, 1.165) is 45.0 Å². The summed E-state index contributed by atoms with van der Waals surface area (Å²) in [6, 6.07) is 4.99. The predicted molar refractivity (Wildman–Crippen MR) is 136 cm³/mol. The summed E-state index contributed by atoms with van der Waals surface area (Å²) < 4.78 is 23.2. The van der Waals surface area contributed by atoms with Gasteiger partial charge in [-0.25, -0.2) is 9.18 Å². The first-order chi connectivity index (χ1) is 15.8. The maximum Gasteiger partial charge on any atom is 0.341 e. The molecule has 5 rings (SSSR count). The highest BCUT2D eigenvalue weighted by molar-refractivity contribution is 14.1.